The van der Waals surface area contributed by atoms with Crippen molar-refractivity contribution >= 4 is 10.9 Å². The molecule has 0 atom stereocenters. The molecule has 1 heterocycles. The van der Waals surface area contributed by atoms with E-state index in [-0.39, 0.29) is 23.7 Å². The smallest absolute Gasteiger partial charge is 0.331 e. The Balaban J connectivity index is 0.00000261. The largest absolute Gasteiger partial charge is 1.00 e. The van der Waals surface area contributed by atoms with Crippen LogP contribution in [-0.4, -0.2) is 28.8 Å². The Morgan fingerprint density at radius 1 is 0.852 bits per heavy atom. The van der Waals surface area contributed by atoms with E-state index in [0.29, 0.717) is 18.5 Å². The molecule has 6 heteroatoms. The summed E-state index contributed by atoms with van der Waals surface area (Å²) in [7, 11) is 0. The number of para-hydroxylation sites is 1. The highest BCUT2D eigenvalue weighted by Gasteiger charge is 2.14. The minimum Gasteiger partial charge on any atom is -1.00 e. The third kappa shape index (κ3) is 4.49. The van der Waals surface area contributed by atoms with E-state index in [9.17, 15) is 9.59 Å². The molecule has 0 unspecified atom stereocenters. The molecule has 0 aliphatic carbocycles. The highest BCUT2D eigenvalue weighted by atomic mass is 35.5. The number of hydrogen-bond donors (Lipinski definition) is 1. The molecule has 0 amide bonds. The predicted octanol–water partition coefficient (Wildman–Crippen LogP) is -1.86. The van der Waals surface area contributed by atoms with Crippen LogP contribution in [0.2, 0.25) is 0 Å². The molecule has 0 fully saturated rings. The second-order valence-electron chi connectivity index (χ2n) is 6.54. The molecule has 3 aromatic rings. The zero-order valence-corrected chi connectivity index (χ0v) is 16.6. The molecule has 27 heavy (non-hydrogen) atoms. The Morgan fingerprint density at radius 3 is 2.15 bits per heavy atom. The molecule has 1 N–H and O–H groups in total. The summed E-state index contributed by atoms with van der Waals surface area (Å²) in [5, 5.41) is 0.595. The van der Waals surface area contributed by atoms with E-state index in [0.717, 1.165) is 30.7 Å². The number of halogens is 1. The van der Waals surface area contributed by atoms with E-state index in [1.165, 1.54) is 9.47 Å². The van der Waals surface area contributed by atoms with Crippen molar-refractivity contribution in [2.24, 2.45) is 0 Å². The number of nitrogens with one attached hydrogen (secondary N) is 1. The number of likely N-dealkylation sites (N-methyl/N-ethyl adjacent to an activating group) is 1. The number of hydrogen-bond acceptors (Lipinski definition) is 2. The standard InChI is InChI=1S/C21H25N3O2.ClH/c1-3-22(4-2)14-15-23-19-13-9-8-12-18(19)20(25)24(21(23)26)16-17-10-6-5-7-11-17;/h5-13H,3-4,14-16H2,1-2H3;1H. The van der Waals surface area contributed by atoms with Gasteiger partial charge in [0.25, 0.3) is 5.56 Å². The average molecular weight is 388 g/mol. The number of aromatic nitrogens is 2. The fraction of sp³-hybridized carbons (Fsp3) is 0.333. The monoisotopic (exact) mass is 387 g/mol. The van der Waals surface area contributed by atoms with E-state index < -0.39 is 0 Å². The van der Waals surface area contributed by atoms with E-state index in [1.54, 1.807) is 10.6 Å². The number of rotatable bonds is 7. The third-order valence-electron chi connectivity index (χ3n) is 5.00. The van der Waals surface area contributed by atoms with Crippen molar-refractivity contribution in [1.29, 1.82) is 0 Å². The Bertz CT molecular complexity index is 992. The van der Waals surface area contributed by atoms with E-state index >= 15 is 0 Å². The van der Waals surface area contributed by atoms with Crippen LogP contribution in [0.1, 0.15) is 19.4 Å². The SMILES string of the molecule is CC[NH+](CC)CCn1c(=O)n(Cc2ccccc2)c(=O)c2ccccc21.[Cl-]. The van der Waals surface area contributed by atoms with Gasteiger partial charge in [0.05, 0.1) is 43.6 Å². The number of benzene rings is 2. The molecular weight excluding hydrogens is 362 g/mol. The summed E-state index contributed by atoms with van der Waals surface area (Å²) in [6.45, 7) is 8.10. The second-order valence-corrected chi connectivity index (χ2v) is 6.54. The summed E-state index contributed by atoms with van der Waals surface area (Å²) in [4.78, 5) is 27.4. The van der Waals surface area contributed by atoms with Gasteiger partial charge in [-0.25, -0.2) is 4.79 Å². The number of nitrogens with zero attached hydrogens (tertiary/aromatic N) is 2. The maximum absolute atomic E-state index is 13.1. The molecule has 0 aliphatic heterocycles. The lowest BCUT2D eigenvalue weighted by Gasteiger charge is -2.18. The zero-order valence-electron chi connectivity index (χ0n) is 15.8. The van der Waals surface area contributed by atoms with Crippen molar-refractivity contribution in [1.82, 2.24) is 9.13 Å². The van der Waals surface area contributed by atoms with Gasteiger partial charge < -0.3 is 17.3 Å². The van der Waals surface area contributed by atoms with E-state index in [4.69, 9.17) is 0 Å². The molecule has 0 radical (unpaired) electrons. The van der Waals surface area contributed by atoms with Gasteiger partial charge in [0, 0.05) is 0 Å². The highest BCUT2D eigenvalue weighted by Crippen LogP contribution is 2.08. The van der Waals surface area contributed by atoms with E-state index in [1.807, 2.05) is 48.5 Å². The summed E-state index contributed by atoms with van der Waals surface area (Å²) < 4.78 is 3.11. The summed E-state index contributed by atoms with van der Waals surface area (Å²) in [6.07, 6.45) is 0. The molecule has 0 bridgehead atoms. The molecule has 0 saturated heterocycles. The lowest BCUT2D eigenvalue weighted by atomic mass is 10.2. The van der Waals surface area contributed by atoms with Crippen molar-refractivity contribution in [2.45, 2.75) is 26.9 Å². The normalized spacial score (nSPS) is 10.9. The lowest BCUT2D eigenvalue weighted by Crippen LogP contribution is -3.11. The third-order valence-corrected chi connectivity index (χ3v) is 5.00. The van der Waals surface area contributed by atoms with Crippen LogP contribution in [0.4, 0.5) is 0 Å². The maximum atomic E-state index is 13.1. The van der Waals surface area contributed by atoms with Gasteiger partial charge in [-0.3, -0.25) is 13.9 Å². The molecule has 2 aromatic carbocycles. The first-order valence-corrected chi connectivity index (χ1v) is 9.25. The molecule has 5 nitrogen and oxygen atoms in total. The maximum Gasteiger partial charge on any atom is 0.331 e. The Kier molecular flexibility index (Phi) is 7.39. The van der Waals surface area contributed by atoms with Crippen LogP contribution in [0, 0.1) is 0 Å². The molecule has 0 spiro atoms. The van der Waals surface area contributed by atoms with Gasteiger partial charge in [0.1, 0.15) is 0 Å². The Morgan fingerprint density at radius 2 is 1.48 bits per heavy atom. The van der Waals surface area contributed by atoms with Crippen LogP contribution in [0.3, 0.4) is 0 Å². The minimum absolute atomic E-state index is 0. The van der Waals surface area contributed by atoms with Crippen molar-refractivity contribution in [3.05, 3.63) is 81.0 Å². The molecule has 1 aromatic heterocycles. The molecule has 144 valence electrons. The van der Waals surface area contributed by atoms with Gasteiger partial charge in [0.2, 0.25) is 0 Å². The lowest BCUT2D eigenvalue weighted by molar-refractivity contribution is -0.897. The van der Waals surface area contributed by atoms with Crippen LogP contribution >= 0.6 is 0 Å². The van der Waals surface area contributed by atoms with Crippen LogP contribution in [-0.2, 0) is 13.1 Å². The molecule has 0 saturated carbocycles. The van der Waals surface area contributed by atoms with Gasteiger partial charge in [-0.2, -0.15) is 0 Å². The van der Waals surface area contributed by atoms with Crippen LogP contribution in [0.15, 0.2) is 64.2 Å². The first-order valence-electron chi connectivity index (χ1n) is 9.25. The highest BCUT2D eigenvalue weighted by molar-refractivity contribution is 5.77. The van der Waals surface area contributed by atoms with Crippen molar-refractivity contribution in [3.8, 4) is 0 Å². The van der Waals surface area contributed by atoms with Crippen LogP contribution in [0.5, 0.6) is 0 Å². The van der Waals surface area contributed by atoms with Gasteiger partial charge in [-0.1, -0.05) is 42.5 Å². The fourth-order valence-electron chi connectivity index (χ4n) is 3.37. The number of fused-ring (bicyclic) bond motifs is 1. The Hall–Kier alpha value is -2.37. The summed E-state index contributed by atoms with van der Waals surface area (Å²) in [5.41, 5.74) is 1.21. The van der Waals surface area contributed by atoms with E-state index in [2.05, 4.69) is 13.8 Å². The van der Waals surface area contributed by atoms with Gasteiger partial charge in [-0.15, -0.1) is 0 Å². The predicted molar refractivity (Wildman–Crippen MR) is 105 cm³/mol. The Labute approximate surface area is 165 Å². The van der Waals surface area contributed by atoms with Crippen LogP contribution < -0.4 is 28.6 Å². The quantitative estimate of drug-likeness (QED) is 0.517. The minimum atomic E-state index is -0.232. The van der Waals surface area contributed by atoms with Crippen LogP contribution in [0.25, 0.3) is 10.9 Å². The topological polar surface area (TPSA) is 48.4 Å². The van der Waals surface area contributed by atoms with Gasteiger partial charge in [-0.05, 0) is 31.5 Å². The van der Waals surface area contributed by atoms with Crippen molar-refractivity contribution in [2.75, 3.05) is 19.6 Å². The molecule has 3 rings (SSSR count). The van der Waals surface area contributed by atoms with Crippen molar-refractivity contribution in [3.63, 3.8) is 0 Å². The first-order chi connectivity index (χ1) is 12.7. The second kappa shape index (κ2) is 9.53. The molecule has 0 aliphatic rings. The van der Waals surface area contributed by atoms with Gasteiger partial charge in [0.15, 0.2) is 0 Å². The molecular formula is C21H26ClN3O2. The zero-order chi connectivity index (χ0) is 18.5. The first kappa shape index (κ1) is 20.9. The summed E-state index contributed by atoms with van der Waals surface area (Å²) in [5.74, 6) is 0. The average Bonchev–Trinajstić information content (AvgIpc) is 2.69. The number of quaternary nitrogens is 1. The summed E-state index contributed by atoms with van der Waals surface area (Å²) >= 11 is 0. The fourth-order valence-corrected chi connectivity index (χ4v) is 3.37. The summed E-state index contributed by atoms with van der Waals surface area (Å²) in [6, 6.07) is 17.0. The van der Waals surface area contributed by atoms with Gasteiger partial charge >= 0.3 is 5.69 Å². The van der Waals surface area contributed by atoms with Crippen molar-refractivity contribution < 1.29 is 17.3 Å².